The Hall–Kier alpha value is -6.84. The van der Waals surface area contributed by atoms with Gasteiger partial charge >= 0.3 is 0 Å². The van der Waals surface area contributed by atoms with Crippen LogP contribution in [0.15, 0.2) is 186 Å². The molecule has 0 aliphatic rings. The summed E-state index contributed by atoms with van der Waals surface area (Å²) in [6, 6.07) is 65.7. The third kappa shape index (κ3) is 4.19. The maximum Gasteiger partial charge on any atom is 0.135 e. The van der Waals surface area contributed by atoms with Crippen molar-refractivity contribution in [2.24, 2.45) is 0 Å². The first-order valence-corrected chi connectivity index (χ1v) is 17.4. The van der Waals surface area contributed by atoms with Crippen molar-refractivity contribution in [2.75, 3.05) is 4.90 Å². The van der Waals surface area contributed by atoms with E-state index in [2.05, 4.69) is 179 Å². The molecule has 0 aliphatic heterocycles. The molecule has 0 saturated carbocycles. The molecule has 238 valence electrons. The number of anilines is 3. The molecule has 0 N–H and O–H groups in total. The molecular weight excluding hydrogens is 621 g/mol. The smallest absolute Gasteiger partial charge is 0.135 e. The molecule has 2 aromatic heterocycles. The lowest BCUT2D eigenvalue weighted by molar-refractivity contribution is 0.669. The minimum atomic E-state index is 0.882. The SMILES string of the molecule is c1ccc(-n2c3ccccc3c3cccc(N(c4ccc5ccc6c7ccccc7ccc6c5c4)c4ccc5oc6ccccc6c5c4)c32)cc1. The summed E-state index contributed by atoms with van der Waals surface area (Å²) in [5.74, 6) is 0. The zero-order chi connectivity index (χ0) is 33.5. The van der Waals surface area contributed by atoms with Crippen LogP contribution < -0.4 is 4.90 Å². The molecule has 0 saturated heterocycles. The molecule has 0 unspecified atom stereocenters. The fourth-order valence-electron chi connectivity index (χ4n) is 8.25. The number of rotatable bonds is 4. The predicted molar refractivity (Wildman–Crippen MR) is 215 cm³/mol. The van der Waals surface area contributed by atoms with Crippen LogP contribution in [0.1, 0.15) is 0 Å². The van der Waals surface area contributed by atoms with Gasteiger partial charge in [0, 0.05) is 38.6 Å². The van der Waals surface area contributed by atoms with E-state index in [0.717, 1.165) is 50.2 Å². The molecule has 3 nitrogen and oxygen atoms in total. The molecule has 0 aliphatic carbocycles. The minimum Gasteiger partial charge on any atom is -0.456 e. The molecule has 0 fully saturated rings. The van der Waals surface area contributed by atoms with E-state index in [0.29, 0.717) is 0 Å². The first-order valence-electron chi connectivity index (χ1n) is 17.4. The number of aromatic nitrogens is 1. The van der Waals surface area contributed by atoms with E-state index in [1.807, 2.05) is 12.1 Å². The van der Waals surface area contributed by atoms with Crippen LogP contribution in [-0.2, 0) is 0 Å². The van der Waals surface area contributed by atoms with Crippen LogP contribution in [0.2, 0.25) is 0 Å². The van der Waals surface area contributed by atoms with Crippen LogP contribution in [0.3, 0.4) is 0 Å². The van der Waals surface area contributed by atoms with Crippen molar-refractivity contribution in [3.63, 3.8) is 0 Å². The van der Waals surface area contributed by atoms with Gasteiger partial charge in [0.2, 0.25) is 0 Å². The van der Waals surface area contributed by atoms with E-state index in [-0.39, 0.29) is 0 Å². The van der Waals surface area contributed by atoms with E-state index >= 15 is 0 Å². The van der Waals surface area contributed by atoms with Gasteiger partial charge < -0.3 is 13.9 Å². The predicted octanol–water partition coefficient (Wildman–Crippen LogP) is 13.6. The zero-order valence-electron chi connectivity index (χ0n) is 27.6. The number of hydrogen-bond donors (Lipinski definition) is 0. The normalized spacial score (nSPS) is 11.9. The molecule has 2 heterocycles. The zero-order valence-corrected chi connectivity index (χ0v) is 27.6. The van der Waals surface area contributed by atoms with Gasteiger partial charge in [-0.15, -0.1) is 0 Å². The van der Waals surface area contributed by atoms with Gasteiger partial charge in [-0.05, 0) is 93.0 Å². The van der Waals surface area contributed by atoms with Gasteiger partial charge in [-0.2, -0.15) is 0 Å². The number of nitrogens with zero attached hydrogens (tertiary/aromatic N) is 2. The van der Waals surface area contributed by atoms with Crippen molar-refractivity contribution in [2.45, 2.75) is 0 Å². The lowest BCUT2D eigenvalue weighted by Crippen LogP contribution is -2.11. The van der Waals surface area contributed by atoms with E-state index in [1.165, 1.54) is 48.6 Å². The van der Waals surface area contributed by atoms with E-state index in [1.54, 1.807) is 0 Å². The number of fused-ring (bicyclic) bond motifs is 11. The number of para-hydroxylation sites is 4. The highest BCUT2D eigenvalue weighted by atomic mass is 16.3. The second-order valence-corrected chi connectivity index (χ2v) is 13.3. The van der Waals surface area contributed by atoms with Crippen molar-refractivity contribution < 1.29 is 4.42 Å². The minimum absolute atomic E-state index is 0.882. The van der Waals surface area contributed by atoms with Crippen molar-refractivity contribution in [1.82, 2.24) is 4.57 Å². The van der Waals surface area contributed by atoms with Crippen molar-refractivity contribution in [3.05, 3.63) is 182 Å². The third-order valence-electron chi connectivity index (χ3n) is 10.5. The molecule has 0 radical (unpaired) electrons. The molecule has 0 bridgehead atoms. The highest BCUT2D eigenvalue weighted by Gasteiger charge is 2.23. The first kappa shape index (κ1) is 28.0. The molecule has 11 rings (SSSR count). The lowest BCUT2D eigenvalue weighted by Gasteiger charge is -2.27. The van der Waals surface area contributed by atoms with Crippen LogP contribution in [-0.4, -0.2) is 4.57 Å². The second kappa shape index (κ2) is 10.8. The average molecular weight is 651 g/mol. The average Bonchev–Trinajstić information content (AvgIpc) is 3.74. The molecule has 0 spiro atoms. The standard InChI is InChI=1S/C48H30N2O/c1-2-12-33(13-3-1)50-44-18-8-6-15-39(44)41-17-10-19-45(48(41)50)49(35-25-28-47-43(30-35)40-16-7-9-20-46(40)51-47)34-24-21-32-23-26-37-36-14-5-4-11-31(36)22-27-38(37)42(32)29-34/h1-30H. The molecule has 9 aromatic carbocycles. The number of hydrogen-bond acceptors (Lipinski definition) is 2. The van der Waals surface area contributed by atoms with Crippen molar-refractivity contribution in [1.29, 1.82) is 0 Å². The molecule has 51 heavy (non-hydrogen) atoms. The Morgan fingerprint density at radius 2 is 0.980 bits per heavy atom. The van der Waals surface area contributed by atoms with Crippen LogP contribution in [0, 0.1) is 0 Å². The number of benzene rings is 9. The number of furan rings is 1. The highest BCUT2D eigenvalue weighted by Crippen LogP contribution is 2.45. The maximum atomic E-state index is 6.30. The van der Waals surface area contributed by atoms with E-state index < -0.39 is 0 Å². The Labute approximate surface area is 293 Å². The van der Waals surface area contributed by atoms with Crippen LogP contribution >= 0.6 is 0 Å². The topological polar surface area (TPSA) is 21.3 Å². The van der Waals surface area contributed by atoms with Gasteiger partial charge in [0.25, 0.3) is 0 Å². The third-order valence-corrected chi connectivity index (χ3v) is 10.5. The summed E-state index contributed by atoms with van der Waals surface area (Å²) in [4.78, 5) is 2.43. The summed E-state index contributed by atoms with van der Waals surface area (Å²) in [6.07, 6.45) is 0. The second-order valence-electron chi connectivity index (χ2n) is 13.3. The molecule has 0 atom stereocenters. The Morgan fingerprint density at radius 1 is 0.373 bits per heavy atom. The van der Waals surface area contributed by atoms with Crippen molar-refractivity contribution in [3.8, 4) is 5.69 Å². The summed E-state index contributed by atoms with van der Waals surface area (Å²) < 4.78 is 8.72. The van der Waals surface area contributed by atoms with Gasteiger partial charge in [-0.1, -0.05) is 121 Å². The summed E-state index contributed by atoms with van der Waals surface area (Å²) in [5.41, 5.74) is 8.50. The first-order chi connectivity index (χ1) is 25.3. The fourth-order valence-corrected chi connectivity index (χ4v) is 8.25. The Bertz CT molecular complexity index is 3150. The van der Waals surface area contributed by atoms with Crippen LogP contribution in [0.5, 0.6) is 0 Å². The lowest BCUT2D eigenvalue weighted by atomic mass is 9.96. The van der Waals surface area contributed by atoms with Gasteiger partial charge in [0.15, 0.2) is 0 Å². The van der Waals surface area contributed by atoms with Crippen LogP contribution in [0.25, 0.3) is 81.7 Å². The van der Waals surface area contributed by atoms with Crippen molar-refractivity contribution >= 4 is 93.1 Å². The van der Waals surface area contributed by atoms with E-state index in [9.17, 15) is 0 Å². The Morgan fingerprint density at radius 3 is 1.84 bits per heavy atom. The largest absolute Gasteiger partial charge is 0.456 e. The monoisotopic (exact) mass is 650 g/mol. The van der Waals surface area contributed by atoms with Gasteiger partial charge in [0.1, 0.15) is 11.2 Å². The fraction of sp³-hybridized carbons (Fsp3) is 0. The summed E-state index contributed by atoms with van der Waals surface area (Å²) >= 11 is 0. The van der Waals surface area contributed by atoms with Gasteiger partial charge in [-0.25, -0.2) is 0 Å². The molecular formula is C48H30N2O. The van der Waals surface area contributed by atoms with Gasteiger partial charge in [-0.3, -0.25) is 0 Å². The summed E-state index contributed by atoms with van der Waals surface area (Å²) in [7, 11) is 0. The molecule has 0 amide bonds. The highest BCUT2D eigenvalue weighted by molar-refractivity contribution is 6.19. The summed E-state index contributed by atoms with van der Waals surface area (Å²) in [6.45, 7) is 0. The molecule has 11 aromatic rings. The summed E-state index contributed by atoms with van der Waals surface area (Å²) in [5, 5.41) is 12.1. The van der Waals surface area contributed by atoms with Gasteiger partial charge in [0.05, 0.1) is 16.7 Å². The quantitative estimate of drug-likeness (QED) is 0.177. The molecule has 3 heteroatoms. The van der Waals surface area contributed by atoms with Crippen LogP contribution in [0.4, 0.5) is 17.1 Å². The van der Waals surface area contributed by atoms with E-state index in [4.69, 9.17) is 4.42 Å². The Kier molecular flexibility index (Phi) is 5.96. The maximum absolute atomic E-state index is 6.30. The Balaban J connectivity index is 1.25.